The van der Waals surface area contributed by atoms with E-state index in [0.29, 0.717) is 41.7 Å². The van der Waals surface area contributed by atoms with E-state index >= 15 is 0 Å². The molecule has 0 aliphatic rings. The molecule has 1 amide bonds. The molecule has 0 aromatic heterocycles. The van der Waals surface area contributed by atoms with E-state index in [1.807, 2.05) is 19.9 Å². The van der Waals surface area contributed by atoms with E-state index < -0.39 is 22.0 Å². The smallest absolute Gasteiger partial charge is 0.263 e. The minimum atomic E-state index is -3.75. The molecule has 0 radical (unpaired) electrons. The second kappa shape index (κ2) is 11.6. The standard InChI is InChI=1S/C23H31N3O6S/c1-7-20(17-9-14-21(30-4)22(15-17)31-5)24-25-23(27)16(3)26(33(6,28)29)18-10-12-19(13-11-18)32-8-2/h9-16H,7-8H2,1-6H3,(H,25,27)/b24-20-/t16-/m1/s1. The Hall–Kier alpha value is -3.27. The Balaban J connectivity index is 2.27. The quantitative estimate of drug-likeness (QED) is 0.394. The number of hydrogen-bond acceptors (Lipinski definition) is 7. The van der Waals surface area contributed by atoms with Crippen molar-refractivity contribution in [2.24, 2.45) is 5.10 Å². The van der Waals surface area contributed by atoms with Crippen molar-refractivity contribution < 1.29 is 27.4 Å². The van der Waals surface area contributed by atoms with Gasteiger partial charge in [0.15, 0.2) is 11.5 Å². The third-order valence-electron chi connectivity index (χ3n) is 4.84. The van der Waals surface area contributed by atoms with Crippen LogP contribution >= 0.6 is 0 Å². The number of hydrogen-bond donors (Lipinski definition) is 1. The van der Waals surface area contributed by atoms with Crippen molar-refractivity contribution in [1.29, 1.82) is 0 Å². The van der Waals surface area contributed by atoms with Crippen LogP contribution in [0.5, 0.6) is 17.2 Å². The molecule has 9 nitrogen and oxygen atoms in total. The molecule has 0 saturated carbocycles. The molecule has 0 fully saturated rings. The van der Waals surface area contributed by atoms with E-state index in [2.05, 4.69) is 10.5 Å². The summed E-state index contributed by atoms with van der Waals surface area (Å²) in [6, 6.07) is 10.8. The van der Waals surface area contributed by atoms with Gasteiger partial charge in [0.2, 0.25) is 10.0 Å². The topological polar surface area (TPSA) is 107 Å². The van der Waals surface area contributed by atoms with Crippen LogP contribution in [0.4, 0.5) is 5.69 Å². The number of hydrazone groups is 1. The zero-order valence-electron chi connectivity index (χ0n) is 19.8. The van der Waals surface area contributed by atoms with Crippen LogP contribution in [-0.4, -0.2) is 53.2 Å². The Kier molecular flexibility index (Phi) is 9.10. The summed E-state index contributed by atoms with van der Waals surface area (Å²) in [6.45, 7) is 5.75. The summed E-state index contributed by atoms with van der Waals surface area (Å²) in [5.41, 5.74) is 4.19. The van der Waals surface area contributed by atoms with Crippen molar-refractivity contribution in [2.45, 2.75) is 33.2 Å². The fraction of sp³-hybridized carbons (Fsp3) is 0.391. The summed E-state index contributed by atoms with van der Waals surface area (Å²) >= 11 is 0. The molecule has 180 valence electrons. The van der Waals surface area contributed by atoms with Crippen molar-refractivity contribution in [3.05, 3.63) is 48.0 Å². The van der Waals surface area contributed by atoms with E-state index in [1.54, 1.807) is 43.5 Å². The maximum absolute atomic E-state index is 12.9. The van der Waals surface area contributed by atoms with Crippen LogP contribution in [0.15, 0.2) is 47.6 Å². The Morgan fingerprint density at radius 1 is 1.06 bits per heavy atom. The first-order valence-electron chi connectivity index (χ1n) is 10.5. The maximum Gasteiger partial charge on any atom is 0.263 e. The van der Waals surface area contributed by atoms with E-state index in [1.165, 1.54) is 14.0 Å². The van der Waals surface area contributed by atoms with Gasteiger partial charge in [0, 0.05) is 5.56 Å². The van der Waals surface area contributed by atoms with Crippen molar-refractivity contribution in [3.8, 4) is 17.2 Å². The van der Waals surface area contributed by atoms with E-state index in [0.717, 1.165) is 16.1 Å². The molecular formula is C23H31N3O6S. The van der Waals surface area contributed by atoms with Gasteiger partial charge in [0.05, 0.1) is 38.5 Å². The third-order valence-corrected chi connectivity index (χ3v) is 6.09. The first kappa shape index (κ1) is 26.0. The maximum atomic E-state index is 12.9. The molecule has 0 saturated heterocycles. The third kappa shape index (κ3) is 6.61. The lowest BCUT2D eigenvalue weighted by atomic mass is 10.1. The second-order valence-electron chi connectivity index (χ2n) is 7.12. The fourth-order valence-corrected chi connectivity index (χ4v) is 4.42. The first-order valence-corrected chi connectivity index (χ1v) is 12.3. The SMILES string of the molecule is CCOc1ccc(N([C@H](C)C(=O)N/N=C(/CC)c2ccc(OC)c(OC)c2)S(C)(=O)=O)cc1. The summed E-state index contributed by atoms with van der Waals surface area (Å²) in [4.78, 5) is 12.9. The van der Waals surface area contributed by atoms with E-state index in [-0.39, 0.29) is 0 Å². The molecule has 0 spiro atoms. The number of sulfonamides is 1. The molecule has 10 heteroatoms. The summed E-state index contributed by atoms with van der Waals surface area (Å²) in [5.74, 6) is 1.16. The van der Waals surface area contributed by atoms with E-state index in [9.17, 15) is 13.2 Å². The van der Waals surface area contributed by atoms with Gasteiger partial charge in [-0.2, -0.15) is 5.10 Å². The average molecular weight is 478 g/mol. The Morgan fingerprint density at radius 2 is 1.70 bits per heavy atom. The number of rotatable bonds is 11. The number of nitrogens with zero attached hydrogens (tertiary/aromatic N) is 2. The Morgan fingerprint density at radius 3 is 2.21 bits per heavy atom. The van der Waals surface area contributed by atoms with Crippen LogP contribution in [0.2, 0.25) is 0 Å². The minimum Gasteiger partial charge on any atom is -0.494 e. The normalized spacial score (nSPS) is 12.6. The van der Waals surface area contributed by atoms with Crippen LogP contribution in [0.25, 0.3) is 0 Å². The molecule has 0 aliphatic carbocycles. The van der Waals surface area contributed by atoms with Crippen LogP contribution < -0.4 is 23.9 Å². The van der Waals surface area contributed by atoms with Crippen molar-refractivity contribution >= 4 is 27.3 Å². The second-order valence-corrected chi connectivity index (χ2v) is 8.98. The van der Waals surface area contributed by atoms with Gasteiger partial charge in [0.25, 0.3) is 5.91 Å². The summed E-state index contributed by atoms with van der Waals surface area (Å²) in [5, 5.41) is 4.24. The molecule has 0 bridgehead atoms. The molecule has 2 rings (SSSR count). The van der Waals surface area contributed by atoms with Gasteiger partial charge in [0.1, 0.15) is 11.8 Å². The molecular weight excluding hydrogens is 446 g/mol. The van der Waals surface area contributed by atoms with Gasteiger partial charge in [-0.25, -0.2) is 13.8 Å². The van der Waals surface area contributed by atoms with Crippen molar-refractivity contribution in [3.63, 3.8) is 0 Å². The zero-order valence-corrected chi connectivity index (χ0v) is 20.6. The number of amides is 1. The molecule has 33 heavy (non-hydrogen) atoms. The van der Waals surface area contributed by atoms with Gasteiger partial charge in [-0.1, -0.05) is 6.92 Å². The lowest BCUT2D eigenvalue weighted by molar-refractivity contribution is -0.121. The van der Waals surface area contributed by atoms with Gasteiger partial charge in [-0.3, -0.25) is 9.10 Å². The van der Waals surface area contributed by atoms with Crippen LogP contribution in [0, 0.1) is 0 Å². The highest BCUT2D eigenvalue weighted by molar-refractivity contribution is 7.92. The van der Waals surface area contributed by atoms with Crippen molar-refractivity contribution in [2.75, 3.05) is 31.4 Å². The molecule has 2 aromatic carbocycles. The molecule has 0 heterocycles. The number of nitrogens with one attached hydrogen (secondary N) is 1. The first-order chi connectivity index (χ1) is 15.7. The van der Waals surface area contributed by atoms with Crippen LogP contribution in [0.1, 0.15) is 32.8 Å². The summed E-state index contributed by atoms with van der Waals surface area (Å²) in [7, 11) is -0.664. The molecule has 0 unspecified atom stereocenters. The van der Waals surface area contributed by atoms with Gasteiger partial charge < -0.3 is 14.2 Å². The van der Waals surface area contributed by atoms with Crippen LogP contribution in [0.3, 0.4) is 0 Å². The summed E-state index contributed by atoms with van der Waals surface area (Å²) < 4.78 is 42.0. The Labute approximate surface area is 195 Å². The van der Waals surface area contributed by atoms with Gasteiger partial charge in [-0.15, -0.1) is 0 Å². The van der Waals surface area contributed by atoms with Gasteiger partial charge in [-0.05, 0) is 62.7 Å². The number of carbonyl (C=O) groups is 1. The van der Waals surface area contributed by atoms with Crippen LogP contribution in [-0.2, 0) is 14.8 Å². The number of carbonyl (C=O) groups excluding carboxylic acids is 1. The lowest BCUT2D eigenvalue weighted by Crippen LogP contribution is -2.47. The number of ether oxygens (including phenoxy) is 3. The lowest BCUT2D eigenvalue weighted by Gasteiger charge is -2.27. The van der Waals surface area contributed by atoms with Crippen molar-refractivity contribution in [1.82, 2.24) is 5.43 Å². The highest BCUT2D eigenvalue weighted by Crippen LogP contribution is 2.28. The average Bonchev–Trinajstić information content (AvgIpc) is 2.79. The monoisotopic (exact) mass is 477 g/mol. The molecule has 0 aliphatic heterocycles. The highest BCUT2D eigenvalue weighted by atomic mass is 32.2. The fourth-order valence-electron chi connectivity index (χ4n) is 3.24. The number of benzene rings is 2. The zero-order chi connectivity index (χ0) is 24.6. The molecule has 1 atom stereocenters. The molecule has 2 aromatic rings. The minimum absolute atomic E-state index is 0.350. The van der Waals surface area contributed by atoms with E-state index in [4.69, 9.17) is 14.2 Å². The predicted octanol–water partition coefficient (Wildman–Crippen LogP) is 3.19. The number of methoxy groups -OCH3 is 2. The van der Waals surface area contributed by atoms with Gasteiger partial charge >= 0.3 is 0 Å². The largest absolute Gasteiger partial charge is 0.494 e. The molecule has 1 N–H and O–H groups in total. The summed E-state index contributed by atoms with van der Waals surface area (Å²) in [6.07, 6.45) is 1.58. The Bertz CT molecular complexity index is 1080. The predicted molar refractivity (Wildman–Crippen MR) is 129 cm³/mol. The highest BCUT2D eigenvalue weighted by Gasteiger charge is 2.29. The number of anilines is 1.